The van der Waals surface area contributed by atoms with E-state index in [4.69, 9.17) is 22.1 Å². The molecule has 3 heterocycles. The van der Waals surface area contributed by atoms with E-state index in [1.165, 1.54) is 0 Å². The maximum Gasteiger partial charge on any atom is 0.222 e. The molecule has 0 aliphatic carbocycles. The molecule has 7 nitrogen and oxygen atoms in total. The number of hydrogen-bond donors (Lipinski definition) is 2. The third-order valence-corrected chi connectivity index (χ3v) is 5.00. The first-order valence-corrected chi connectivity index (χ1v) is 9.24. The molecule has 0 saturated carbocycles. The maximum atomic E-state index is 6.59. The Bertz CT molecular complexity index is 910. The van der Waals surface area contributed by atoms with Crippen LogP contribution in [0.1, 0.15) is 23.7 Å². The van der Waals surface area contributed by atoms with Crippen molar-refractivity contribution in [3.05, 3.63) is 52.8 Å². The van der Waals surface area contributed by atoms with Gasteiger partial charge in [-0.05, 0) is 42.7 Å². The summed E-state index contributed by atoms with van der Waals surface area (Å²) in [6.07, 6.45) is 2.63. The Morgan fingerprint density at radius 3 is 2.93 bits per heavy atom. The predicted octanol–water partition coefficient (Wildman–Crippen LogP) is 3.38. The van der Waals surface area contributed by atoms with Gasteiger partial charge in [-0.15, -0.1) is 0 Å². The predicted molar refractivity (Wildman–Crippen MR) is 106 cm³/mol. The molecular weight excluding hydrogens is 364 g/mol. The Morgan fingerprint density at radius 2 is 2.15 bits per heavy atom. The van der Waals surface area contributed by atoms with Crippen molar-refractivity contribution >= 4 is 23.4 Å². The summed E-state index contributed by atoms with van der Waals surface area (Å²) in [6, 6.07) is 9.78. The van der Waals surface area contributed by atoms with Gasteiger partial charge < -0.3 is 15.4 Å². The highest BCUT2D eigenvalue weighted by Crippen LogP contribution is 2.35. The van der Waals surface area contributed by atoms with Crippen LogP contribution in [0.25, 0.3) is 11.3 Å². The minimum atomic E-state index is -0.0726. The molecule has 1 fully saturated rings. The number of H-pyrrole nitrogens is 1. The smallest absolute Gasteiger partial charge is 0.222 e. The number of hydrogen-bond acceptors (Lipinski definition) is 6. The van der Waals surface area contributed by atoms with E-state index >= 15 is 0 Å². The molecule has 0 amide bonds. The average molecular weight is 385 g/mol. The van der Waals surface area contributed by atoms with Crippen molar-refractivity contribution in [2.24, 2.45) is 0 Å². The van der Waals surface area contributed by atoms with E-state index in [9.17, 15) is 0 Å². The molecule has 0 bridgehead atoms. The van der Waals surface area contributed by atoms with Crippen molar-refractivity contribution in [1.29, 1.82) is 0 Å². The summed E-state index contributed by atoms with van der Waals surface area (Å²) < 4.78 is 5.86. The van der Waals surface area contributed by atoms with Crippen LogP contribution in [0.4, 0.5) is 11.8 Å². The number of nitrogen functional groups attached to an aromatic ring is 1. The van der Waals surface area contributed by atoms with E-state index in [2.05, 4.69) is 31.1 Å². The summed E-state index contributed by atoms with van der Waals surface area (Å²) in [7, 11) is 0. The quantitative estimate of drug-likeness (QED) is 0.719. The zero-order valence-electron chi connectivity index (χ0n) is 15.0. The normalized spacial score (nSPS) is 17.7. The number of aromatic amines is 1. The number of rotatable bonds is 3. The van der Waals surface area contributed by atoms with E-state index in [0.29, 0.717) is 18.2 Å². The van der Waals surface area contributed by atoms with Crippen LogP contribution >= 0.6 is 11.6 Å². The van der Waals surface area contributed by atoms with Crippen molar-refractivity contribution < 1.29 is 4.74 Å². The van der Waals surface area contributed by atoms with Crippen molar-refractivity contribution in [1.82, 2.24) is 20.2 Å². The molecule has 8 heteroatoms. The molecule has 0 radical (unpaired) electrons. The summed E-state index contributed by atoms with van der Waals surface area (Å²) >= 11 is 6.59. The van der Waals surface area contributed by atoms with E-state index < -0.39 is 0 Å². The summed E-state index contributed by atoms with van der Waals surface area (Å²) in [5.74, 6) is 1.06. The number of anilines is 2. The van der Waals surface area contributed by atoms with Gasteiger partial charge in [0.05, 0.1) is 18.3 Å². The Hall–Kier alpha value is -2.64. The average Bonchev–Trinajstić information content (AvgIpc) is 3.06. The molecule has 0 spiro atoms. The minimum absolute atomic E-state index is 0.0726. The largest absolute Gasteiger partial charge is 0.379 e. The summed E-state index contributed by atoms with van der Waals surface area (Å²) in [4.78, 5) is 10.8. The lowest BCUT2D eigenvalue weighted by Gasteiger charge is -2.31. The third kappa shape index (κ3) is 3.74. The molecular formula is C19H21ClN6O. The Labute approximate surface area is 162 Å². The van der Waals surface area contributed by atoms with Crippen LogP contribution in [0, 0.1) is 6.92 Å². The van der Waals surface area contributed by atoms with Crippen LogP contribution in [0.5, 0.6) is 0 Å². The van der Waals surface area contributed by atoms with Crippen molar-refractivity contribution in [3.8, 4) is 11.3 Å². The van der Waals surface area contributed by atoms with Crippen LogP contribution < -0.4 is 10.6 Å². The summed E-state index contributed by atoms with van der Waals surface area (Å²) in [6.45, 7) is 3.93. The molecule has 1 unspecified atom stereocenters. The SMILES string of the molecule is Cc1cc(N2CCCOCC2c2cc(-c3ccn[nH]3)ccc2Cl)nc(N)n1. The van der Waals surface area contributed by atoms with Crippen LogP contribution in [-0.4, -0.2) is 39.9 Å². The molecule has 1 aliphatic heterocycles. The number of aromatic nitrogens is 4. The molecule has 1 saturated heterocycles. The van der Waals surface area contributed by atoms with Gasteiger partial charge in [-0.25, -0.2) is 4.98 Å². The first kappa shape index (κ1) is 17.8. The minimum Gasteiger partial charge on any atom is -0.379 e. The topological polar surface area (TPSA) is 93.0 Å². The second-order valence-corrected chi connectivity index (χ2v) is 6.98. The second kappa shape index (κ2) is 7.54. The van der Waals surface area contributed by atoms with Crippen molar-refractivity contribution in [2.75, 3.05) is 30.4 Å². The van der Waals surface area contributed by atoms with Crippen molar-refractivity contribution in [2.45, 2.75) is 19.4 Å². The van der Waals surface area contributed by atoms with E-state index in [0.717, 1.165) is 41.3 Å². The number of aryl methyl sites for hydroxylation is 1. The van der Waals surface area contributed by atoms with Gasteiger partial charge in [0.1, 0.15) is 5.82 Å². The lowest BCUT2D eigenvalue weighted by atomic mass is 10.0. The Balaban J connectivity index is 1.78. The second-order valence-electron chi connectivity index (χ2n) is 6.57. The molecule has 27 heavy (non-hydrogen) atoms. The number of ether oxygens (including phenoxy) is 1. The first-order chi connectivity index (χ1) is 13.1. The molecule has 1 aromatic carbocycles. The fourth-order valence-corrected chi connectivity index (χ4v) is 3.66. The number of nitrogens with two attached hydrogens (primary N) is 1. The summed E-state index contributed by atoms with van der Waals surface area (Å²) in [5, 5.41) is 7.73. The molecule has 2 aromatic heterocycles. The van der Waals surface area contributed by atoms with Gasteiger partial charge in [0.2, 0.25) is 5.95 Å². The molecule has 3 aromatic rings. The molecule has 1 aliphatic rings. The lowest BCUT2D eigenvalue weighted by molar-refractivity contribution is 0.134. The van der Waals surface area contributed by atoms with E-state index in [1.54, 1.807) is 6.20 Å². The van der Waals surface area contributed by atoms with Gasteiger partial charge in [0, 0.05) is 36.1 Å². The highest BCUT2D eigenvalue weighted by atomic mass is 35.5. The standard InChI is InChI=1S/C19H21ClN6O/c1-12-9-18(24-19(21)23-12)26-7-2-8-27-11-17(26)14-10-13(3-4-15(14)20)16-5-6-22-25-16/h3-6,9-10,17H,2,7-8,11H2,1H3,(H,22,25)(H2,21,23,24). The molecule has 4 rings (SSSR count). The number of halogens is 1. The lowest BCUT2D eigenvalue weighted by Crippen LogP contribution is -2.32. The first-order valence-electron chi connectivity index (χ1n) is 8.86. The third-order valence-electron chi connectivity index (χ3n) is 4.66. The van der Waals surface area contributed by atoms with E-state index in [1.807, 2.05) is 31.2 Å². The monoisotopic (exact) mass is 384 g/mol. The Kier molecular flexibility index (Phi) is 4.96. The molecule has 3 N–H and O–H groups in total. The van der Waals surface area contributed by atoms with Gasteiger partial charge in [0.25, 0.3) is 0 Å². The van der Waals surface area contributed by atoms with Gasteiger partial charge in [-0.2, -0.15) is 10.1 Å². The number of benzene rings is 1. The maximum absolute atomic E-state index is 6.59. The van der Waals surface area contributed by atoms with Gasteiger partial charge in [-0.1, -0.05) is 17.7 Å². The highest BCUT2D eigenvalue weighted by molar-refractivity contribution is 6.31. The van der Waals surface area contributed by atoms with Crippen LogP contribution in [0.3, 0.4) is 0 Å². The van der Waals surface area contributed by atoms with Gasteiger partial charge in [0.15, 0.2) is 0 Å². The zero-order valence-corrected chi connectivity index (χ0v) is 15.8. The fourth-order valence-electron chi connectivity index (χ4n) is 3.41. The van der Waals surface area contributed by atoms with Gasteiger partial charge in [-0.3, -0.25) is 5.10 Å². The number of nitrogens with zero attached hydrogens (tertiary/aromatic N) is 4. The number of nitrogens with one attached hydrogen (secondary N) is 1. The van der Waals surface area contributed by atoms with Crippen LogP contribution in [-0.2, 0) is 4.74 Å². The van der Waals surface area contributed by atoms with Gasteiger partial charge >= 0.3 is 0 Å². The summed E-state index contributed by atoms with van der Waals surface area (Å²) in [5.41, 5.74) is 9.67. The zero-order chi connectivity index (χ0) is 18.8. The molecule has 140 valence electrons. The van der Waals surface area contributed by atoms with E-state index in [-0.39, 0.29) is 12.0 Å². The fraction of sp³-hybridized carbons (Fsp3) is 0.316. The highest BCUT2D eigenvalue weighted by Gasteiger charge is 2.27. The van der Waals surface area contributed by atoms with Crippen LogP contribution in [0.2, 0.25) is 5.02 Å². The van der Waals surface area contributed by atoms with Crippen LogP contribution in [0.15, 0.2) is 36.5 Å². The molecule has 1 atom stereocenters. The Morgan fingerprint density at radius 1 is 1.26 bits per heavy atom. The van der Waals surface area contributed by atoms with Crippen molar-refractivity contribution in [3.63, 3.8) is 0 Å².